The van der Waals surface area contributed by atoms with Gasteiger partial charge in [0.2, 0.25) is 0 Å². The first-order valence-corrected chi connectivity index (χ1v) is 11.4. The van der Waals surface area contributed by atoms with Crippen LogP contribution >= 0.6 is 0 Å². The van der Waals surface area contributed by atoms with E-state index in [2.05, 4.69) is 26.9 Å². The van der Waals surface area contributed by atoms with Crippen molar-refractivity contribution < 1.29 is 4.79 Å². The highest BCUT2D eigenvalue weighted by Crippen LogP contribution is 2.16. The highest BCUT2D eigenvalue weighted by molar-refractivity contribution is 5.94. The van der Waals surface area contributed by atoms with Crippen LogP contribution in [0.2, 0.25) is 0 Å². The summed E-state index contributed by atoms with van der Waals surface area (Å²) in [7, 11) is 1.85. The largest absolute Gasteiger partial charge is 0.382 e. The number of aromatic nitrogens is 6. The Labute approximate surface area is 212 Å². The minimum absolute atomic E-state index is 0.0162. The first-order valence-electron chi connectivity index (χ1n) is 11.4. The highest BCUT2D eigenvalue weighted by Gasteiger charge is 2.13. The van der Waals surface area contributed by atoms with Crippen molar-refractivity contribution in [2.75, 3.05) is 5.73 Å². The van der Waals surface area contributed by atoms with Gasteiger partial charge in [-0.1, -0.05) is 43.0 Å². The lowest BCUT2D eigenvalue weighted by molar-refractivity contribution is 0.0996. The zero-order chi connectivity index (χ0) is 26.4. The maximum atomic E-state index is 13.4. The Bertz CT molecular complexity index is 1690. The molecule has 0 saturated carbocycles. The standard InChI is InChI=1S/C22H18N4O.C5H6N4O/c1-3-20-24-19-11-7-8-17(13-12-16-14-23-25(2)15-16)21(19)22(27)26(20)18-9-5-4-6-10-18;6-4-3(5(7)10)8-1-2-9-4/h4-11,14-15H,3H2,1-2H3;1-2H,(H2,6,9)(H2,7,10). The number of fused-ring (bicyclic) bond motifs is 1. The van der Waals surface area contributed by atoms with Crippen molar-refractivity contribution in [3.63, 3.8) is 0 Å². The summed E-state index contributed by atoms with van der Waals surface area (Å²) in [5.41, 5.74) is 13.0. The van der Waals surface area contributed by atoms with Crippen LogP contribution in [0.5, 0.6) is 0 Å². The van der Waals surface area contributed by atoms with Gasteiger partial charge in [0.05, 0.1) is 28.4 Å². The Morgan fingerprint density at radius 2 is 1.78 bits per heavy atom. The Balaban J connectivity index is 0.000000270. The number of anilines is 1. The van der Waals surface area contributed by atoms with Crippen molar-refractivity contribution in [2.24, 2.45) is 12.8 Å². The molecule has 1 amide bonds. The molecule has 5 aromatic rings. The van der Waals surface area contributed by atoms with E-state index in [0.29, 0.717) is 22.9 Å². The number of rotatable bonds is 3. The monoisotopic (exact) mass is 492 g/mol. The molecule has 0 saturated heterocycles. The number of carbonyl (C=O) groups excluding carboxylic acids is 1. The molecule has 0 fully saturated rings. The summed E-state index contributed by atoms with van der Waals surface area (Å²) in [4.78, 5) is 35.8. The zero-order valence-electron chi connectivity index (χ0n) is 20.3. The second-order valence-corrected chi connectivity index (χ2v) is 7.86. The maximum Gasteiger partial charge on any atom is 0.271 e. The van der Waals surface area contributed by atoms with E-state index in [0.717, 1.165) is 17.1 Å². The molecule has 5 rings (SSSR count). The van der Waals surface area contributed by atoms with Gasteiger partial charge in [0.15, 0.2) is 11.5 Å². The van der Waals surface area contributed by atoms with Crippen LogP contribution in [0.1, 0.15) is 34.4 Å². The Kier molecular flexibility index (Phi) is 7.35. The minimum Gasteiger partial charge on any atom is -0.382 e. The van der Waals surface area contributed by atoms with E-state index in [9.17, 15) is 9.59 Å². The molecule has 0 aliphatic heterocycles. The second-order valence-electron chi connectivity index (χ2n) is 7.86. The van der Waals surface area contributed by atoms with Crippen molar-refractivity contribution >= 4 is 22.6 Å². The third-order valence-electron chi connectivity index (χ3n) is 5.30. The zero-order valence-corrected chi connectivity index (χ0v) is 20.3. The lowest BCUT2D eigenvalue weighted by Crippen LogP contribution is -2.24. The molecule has 0 aliphatic carbocycles. The number of primary amides is 1. The quantitative estimate of drug-likeness (QED) is 0.367. The normalized spacial score (nSPS) is 10.2. The fourth-order valence-electron chi connectivity index (χ4n) is 3.62. The Morgan fingerprint density at radius 3 is 2.41 bits per heavy atom. The Morgan fingerprint density at radius 1 is 1.03 bits per heavy atom. The van der Waals surface area contributed by atoms with Gasteiger partial charge in [-0.25, -0.2) is 15.0 Å². The average molecular weight is 493 g/mol. The van der Waals surface area contributed by atoms with Gasteiger partial charge in [-0.15, -0.1) is 0 Å². The van der Waals surface area contributed by atoms with Crippen molar-refractivity contribution in [1.82, 2.24) is 29.3 Å². The van der Waals surface area contributed by atoms with Gasteiger partial charge in [-0.3, -0.25) is 18.8 Å². The first kappa shape index (κ1) is 24.8. The number of amides is 1. The number of nitrogens with zero attached hydrogens (tertiary/aromatic N) is 6. The summed E-state index contributed by atoms with van der Waals surface area (Å²) >= 11 is 0. The summed E-state index contributed by atoms with van der Waals surface area (Å²) in [5, 5.41) is 4.66. The van der Waals surface area contributed by atoms with Crippen molar-refractivity contribution in [3.8, 4) is 17.5 Å². The van der Waals surface area contributed by atoms with Gasteiger partial charge in [0.1, 0.15) is 5.82 Å². The van der Waals surface area contributed by atoms with Crippen molar-refractivity contribution in [2.45, 2.75) is 13.3 Å². The van der Waals surface area contributed by atoms with Crippen LogP contribution in [0.4, 0.5) is 5.82 Å². The maximum absolute atomic E-state index is 13.4. The predicted molar refractivity (Wildman–Crippen MR) is 141 cm³/mol. The van der Waals surface area contributed by atoms with Crippen LogP contribution in [0.3, 0.4) is 0 Å². The van der Waals surface area contributed by atoms with Crippen molar-refractivity contribution in [1.29, 1.82) is 0 Å². The molecular weight excluding hydrogens is 468 g/mol. The topological polar surface area (TPSA) is 148 Å². The van der Waals surface area contributed by atoms with Gasteiger partial charge >= 0.3 is 0 Å². The van der Waals surface area contributed by atoms with E-state index < -0.39 is 5.91 Å². The van der Waals surface area contributed by atoms with Gasteiger partial charge < -0.3 is 11.5 Å². The average Bonchev–Trinajstić information content (AvgIpc) is 3.33. The second kappa shape index (κ2) is 11.0. The number of aryl methyl sites for hydroxylation is 2. The van der Waals surface area contributed by atoms with Crippen LogP contribution in [0.25, 0.3) is 16.6 Å². The number of nitrogen functional groups attached to an aromatic ring is 1. The molecule has 2 aromatic carbocycles. The number of carbonyl (C=O) groups is 1. The van der Waals surface area contributed by atoms with Crippen LogP contribution in [0, 0.1) is 11.8 Å². The van der Waals surface area contributed by atoms with E-state index in [1.165, 1.54) is 12.4 Å². The van der Waals surface area contributed by atoms with E-state index in [4.69, 9.17) is 16.5 Å². The van der Waals surface area contributed by atoms with Crippen LogP contribution in [0.15, 0.2) is 78.1 Å². The molecule has 3 aromatic heterocycles. The summed E-state index contributed by atoms with van der Waals surface area (Å²) < 4.78 is 3.38. The first-order chi connectivity index (χ1) is 17.9. The van der Waals surface area contributed by atoms with Crippen LogP contribution in [-0.4, -0.2) is 35.2 Å². The molecule has 0 bridgehead atoms. The predicted octanol–water partition coefficient (Wildman–Crippen LogP) is 2.24. The molecule has 0 radical (unpaired) electrons. The Hall–Kier alpha value is -5.30. The van der Waals surface area contributed by atoms with E-state index in [1.54, 1.807) is 15.4 Å². The van der Waals surface area contributed by atoms with Gasteiger partial charge in [-0.2, -0.15) is 5.10 Å². The number of para-hydroxylation sites is 1. The lowest BCUT2D eigenvalue weighted by Gasteiger charge is -2.13. The molecule has 3 heterocycles. The smallest absolute Gasteiger partial charge is 0.271 e. The number of hydrogen-bond acceptors (Lipinski definition) is 7. The van der Waals surface area contributed by atoms with Crippen molar-refractivity contribution in [3.05, 3.63) is 106 Å². The molecule has 0 spiro atoms. The summed E-state index contributed by atoms with van der Waals surface area (Å²) in [6.45, 7) is 2.00. The molecule has 4 N–H and O–H groups in total. The third-order valence-corrected chi connectivity index (χ3v) is 5.30. The molecule has 0 aliphatic rings. The highest BCUT2D eigenvalue weighted by atomic mass is 16.1. The molecule has 10 heteroatoms. The third kappa shape index (κ3) is 5.52. The van der Waals surface area contributed by atoms with Crippen LogP contribution in [-0.2, 0) is 13.5 Å². The molecular formula is C27H24N8O2. The fraction of sp³-hybridized carbons (Fsp3) is 0.111. The SMILES string of the molecule is CCc1nc2cccc(C#Cc3cnn(C)c3)c2c(=O)n1-c1ccccc1.NC(=O)c1nccnc1N. The molecule has 184 valence electrons. The van der Waals surface area contributed by atoms with Gasteiger partial charge in [0, 0.05) is 37.6 Å². The minimum atomic E-state index is -0.661. The number of nitrogens with two attached hydrogens (primary N) is 2. The molecule has 37 heavy (non-hydrogen) atoms. The molecule has 0 atom stereocenters. The fourth-order valence-corrected chi connectivity index (χ4v) is 3.62. The molecule has 0 unspecified atom stereocenters. The molecule has 10 nitrogen and oxygen atoms in total. The van der Waals surface area contributed by atoms with Gasteiger partial charge in [-0.05, 0) is 24.3 Å². The van der Waals surface area contributed by atoms with E-state index in [1.807, 2.05) is 68.7 Å². The van der Waals surface area contributed by atoms with E-state index in [-0.39, 0.29) is 17.1 Å². The van der Waals surface area contributed by atoms with Crippen LogP contribution < -0.4 is 17.0 Å². The summed E-state index contributed by atoms with van der Waals surface area (Å²) in [6.07, 6.45) is 6.95. The lowest BCUT2D eigenvalue weighted by atomic mass is 10.1. The summed E-state index contributed by atoms with van der Waals surface area (Å²) in [5.74, 6) is 6.33. The van der Waals surface area contributed by atoms with E-state index >= 15 is 0 Å². The number of benzene rings is 2. The van der Waals surface area contributed by atoms with Gasteiger partial charge in [0.25, 0.3) is 11.5 Å². The summed E-state index contributed by atoms with van der Waals surface area (Å²) in [6, 6.07) is 15.2. The number of hydrogen-bond donors (Lipinski definition) is 2.